The Labute approximate surface area is 62.7 Å². The van der Waals surface area contributed by atoms with E-state index in [1.165, 1.54) is 0 Å². The first kappa shape index (κ1) is 8.50. The topological polar surface area (TPSA) is 46.2 Å². The van der Waals surface area contributed by atoms with Crippen molar-refractivity contribution < 1.29 is 21.3 Å². The van der Waals surface area contributed by atoms with E-state index in [-0.39, 0.29) is 0 Å². The number of phenolic OH excluding ortho intramolecular Hbond substituents is 1. The Morgan fingerprint density at radius 1 is 1.11 bits per heavy atom. The Morgan fingerprint density at radius 2 is 1.56 bits per heavy atom. The van der Waals surface area contributed by atoms with Gasteiger partial charge >= 0.3 is 21.0 Å². The minimum absolute atomic E-state index is 0.322. The molecule has 0 radical (unpaired) electrons. The predicted molar refractivity (Wildman–Crippen MR) is 32.3 cm³/mol. The summed E-state index contributed by atoms with van der Waals surface area (Å²) in [6.45, 7) is 0. The molecule has 2 nitrogen and oxygen atoms in total. The molecule has 1 aromatic rings. The van der Waals surface area contributed by atoms with Crippen LogP contribution in [-0.4, -0.2) is 5.11 Å². The zero-order chi connectivity index (χ0) is 7.11. The van der Waals surface area contributed by atoms with Crippen molar-refractivity contribution in [2.75, 3.05) is 0 Å². The van der Waals surface area contributed by atoms with E-state index in [1.54, 1.807) is 24.3 Å². The summed E-state index contributed by atoms with van der Waals surface area (Å²) in [6, 6.07) is 8.71. The van der Waals surface area contributed by atoms with Gasteiger partial charge in [0.05, 0.1) is 0 Å². The van der Waals surface area contributed by atoms with Gasteiger partial charge in [0, 0.05) is 0 Å². The maximum absolute atomic E-state index is 8.63. The summed E-state index contributed by atoms with van der Waals surface area (Å²) >= 11 is 2.44. The van der Waals surface area contributed by atoms with Gasteiger partial charge in [-0.3, -0.25) is 0 Å². The quantitative estimate of drug-likeness (QED) is 0.558. The van der Waals surface area contributed by atoms with Crippen LogP contribution in [0.3, 0.4) is 0 Å². The molecule has 0 bridgehead atoms. The van der Waals surface area contributed by atoms with Crippen molar-refractivity contribution in [1.82, 2.24) is 0 Å². The van der Waals surface area contributed by atoms with Gasteiger partial charge in [-0.2, -0.15) is 0 Å². The van der Waals surface area contributed by atoms with E-state index in [0.29, 0.717) is 5.75 Å². The molecule has 0 saturated carbocycles. The summed E-state index contributed by atoms with van der Waals surface area (Å²) in [5.41, 5.74) is 0. The number of aromatic hydroxyl groups is 1. The van der Waals surface area contributed by atoms with E-state index in [1.807, 2.05) is 6.07 Å². The second-order valence-corrected chi connectivity index (χ2v) is 1.34. The van der Waals surface area contributed by atoms with Crippen LogP contribution in [0.5, 0.6) is 5.75 Å². The van der Waals surface area contributed by atoms with Gasteiger partial charge in [0.2, 0.25) is 0 Å². The second kappa shape index (κ2) is 5.63. The van der Waals surface area contributed by atoms with Crippen LogP contribution in [0.15, 0.2) is 30.3 Å². The number of rotatable bonds is 0. The fraction of sp³-hybridized carbons (Fsp3) is 0. The molecule has 0 aliphatic heterocycles. The van der Waals surface area contributed by atoms with E-state index in [2.05, 4.69) is 21.0 Å². The Hall–Kier alpha value is -0.501. The molecule has 0 unspecified atom stereocenters. The van der Waals surface area contributed by atoms with Crippen LogP contribution in [0.25, 0.3) is 0 Å². The fourth-order valence-corrected chi connectivity index (χ4v) is 0.428. The molecule has 0 heterocycles. The third-order valence-corrected chi connectivity index (χ3v) is 0.756. The zero-order valence-electron chi connectivity index (χ0n) is 4.79. The SMILES string of the molecule is Oc1ccccc1.[NH2][Mn]. The van der Waals surface area contributed by atoms with Gasteiger partial charge in [0.15, 0.2) is 0 Å². The molecule has 3 N–H and O–H groups in total. The third kappa shape index (κ3) is 4.03. The molecule has 0 aliphatic rings. The van der Waals surface area contributed by atoms with Crippen LogP contribution < -0.4 is 4.75 Å². The first-order chi connectivity index (χ1) is 4.39. The molecule has 1 rings (SSSR count). The molecule has 50 valence electrons. The van der Waals surface area contributed by atoms with Crippen LogP contribution in [-0.2, 0) is 16.2 Å². The van der Waals surface area contributed by atoms with Crippen LogP contribution in [0, 0.1) is 0 Å². The molecule has 9 heavy (non-hydrogen) atoms. The van der Waals surface area contributed by atoms with Gasteiger partial charge in [0.25, 0.3) is 0 Å². The van der Waals surface area contributed by atoms with Crippen molar-refractivity contribution in [3.63, 3.8) is 0 Å². The van der Waals surface area contributed by atoms with Gasteiger partial charge in [0.1, 0.15) is 5.75 Å². The van der Waals surface area contributed by atoms with E-state index in [9.17, 15) is 0 Å². The molecule has 0 saturated heterocycles. The Kier molecular flexibility index (Phi) is 5.32. The minimum atomic E-state index is 0.322. The van der Waals surface area contributed by atoms with Crippen molar-refractivity contribution in [2.45, 2.75) is 0 Å². The van der Waals surface area contributed by atoms with Crippen molar-refractivity contribution in [3.05, 3.63) is 30.3 Å². The van der Waals surface area contributed by atoms with E-state index < -0.39 is 0 Å². The summed E-state index contributed by atoms with van der Waals surface area (Å²) in [5.74, 6) is 0.322. The molecular formula is C6H8MnNO. The molecule has 0 aliphatic carbocycles. The number of hydrogen-bond donors (Lipinski definition) is 2. The third-order valence-electron chi connectivity index (χ3n) is 0.756. The van der Waals surface area contributed by atoms with E-state index in [0.717, 1.165) is 0 Å². The van der Waals surface area contributed by atoms with Crippen LogP contribution in [0.4, 0.5) is 0 Å². The van der Waals surface area contributed by atoms with Crippen molar-refractivity contribution in [1.29, 1.82) is 0 Å². The summed E-state index contributed by atoms with van der Waals surface area (Å²) in [5, 5.41) is 8.63. The summed E-state index contributed by atoms with van der Waals surface area (Å²) < 4.78 is 4.31. The second-order valence-electron chi connectivity index (χ2n) is 1.34. The predicted octanol–water partition coefficient (Wildman–Crippen LogP) is 0.799. The Balaban J connectivity index is 0.000000291. The maximum atomic E-state index is 8.63. The summed E-state index contributed by atoms with van der Waals surface area (Å²) in [6.07, 6.45) is 0. The number of phenols is 1. The first-order valence-electron chi connectivity index (χ1n) is 2.35. The molecule has 3 heteroatoms. The Morgan fingerprint density at radius 3 is 1.78 bits per heavy atom. The average molecular weight is 165 g/mol. The van der Waals surface area contributed by atoms with Crippen LogP contribution in [0.2, 0.25) is 0 Å². The van der Waals surface area contributed by atoms with E-state index >= 15 is 0 Å². The number of hydrogen-bond acceptors (Lipinski definition) is 2. The Bertz CT molecular complexity index is 143. The van der Waals surface area contributed by atoms with Crippen molar-refractivity contribution >= 4 is 0 Å². The first-order valence-corrected chi connectivity index (χ1v) is 3.03. The standard InChI is InChI=1S/C6H6O.Mn.H2N/c7-6-4-2-1-3-5-6;;/h1-5,7H;;1H2/q;+1;-1. The molecule has 1 aromatic carbocycles. The molecule has 0 aromatic heterocycles. The van der Waals surface area contributed by atoms with Crippen LogP contribution in [0.1, 0.15) is 0 Å². The van der Waals surface area contributed by atoms with Crippen molar-refractivity contribution in [2.24, 2.45) is 4.75 Å². The molecule has 0 fully saturated rings. The van der Waals surface area contributed by atoms with Crippen LogP contribution >= 0.6 is 0 Å². The summed E-state index contributed by atoms with van der Waals surface area (Å²) in [7, 11) is 0. The van der Waals surface area contributed by atoms with Gasteiger partial charge < -0.3 is 5.11 Å². The van der Waals surface area contributed by atoms with E-state index in [4.69, 9.17) is 5.11 Å². The molecule has 0 spiro atoms. The number of benzene rings is 1. The monoisotopic (exact) mass is 165 g/mol. The molecule has 0 atom stereocenters. The van der Waals surface area contributed by atoms with Crippen molar-refractivity contribution in [3.8, 4) is 5.75 Å². The number of nitrogens with two attached hydrogens (primary N) is 1. The average Bonchev–Trinajstić information content (AvgIpc) is 1.94. The normalized spacial score (nSPS) is 7.33. The summed E-state index contributed by atoms with van der Waals surface area (Å²) in [4.78, 5) is 0. The fourth-order valence-electron chi connectivity index (χ4n) is 0.428. The molecule has 0 amide bonds. The van der Waals surface area contributed by atoms with Gasteiger partial charge in [-0.1, -0.05) is 18.2 Å². The number of para-hydroxylation sites is 1. The van der Waals surface area contributed by atoms with Gasteiger partial charge in [-0.05, 0) is 12.1 Å². The molecular weight excluding hydrogens is 157 g/mol. The van der Waals surface area contributed by atoms with Gasteiger partial charge in [-0.15, -0.1) is 0 Å². The zero-order valence-corrected chi connectivity index (χ0v) is 5.97. The van der Waals surface area contributed by atoms with Gasteiger partial charge in [-0.25, -0.2) is 0 Å².